The van der Waals surface area contributed by atoms with E-state index in [-0.39, 0.29) is 25.3 Å². The first-order chi connectivity index (χ1) is 13.1. The minimum Gasteiger partial charge on any atom is -0.480 e. The number of hydrogen-bond donors (Lipinski definition) is 2. The fourth-order valence-electron chi connectivity index (χ4n) is 3.40. The molecule has 0 saturated carbocycles. The Morgan fingerprint density at radius 1 is 1.26 bits per heavy atom. The average molecular weight is 372 g/mol. The molecular formula is C18H20N4O5. The van der Waals surface area contributed by atoms with E-state index in [0.717, 1.165) is 18.5 Å². The van der Waals surface area contributed by atoms with Crippen LogP contribution in [-0.2, 0) is 11.3 Å². The van der Waals surface area contributed by atoms with Gasteiger partial charge in [0.2, 0.25) is 6.79 Å². The number of hydrogen-bond acceptors (Lipinski definition) is 5. The molecule has 4 rings (SSSR count). The van der Waals surface area contributed by atoms with Gasteiger partial charge in [0.1, 0.15) is 6.54 Å². The first-order valence-corrected chi connectivity index (χ1v) is 8.79. The fourth-order valence-corrected chi connectivity index (χ4v) is 3.40. The number of rotatable bonds is 4. The number of anilines is 1. The molecule has 0 aliphatic carbocycles. The molecule has 1 atom stereocenters. The van der Waals surface area contributed by atoms with Crippen molar-refractivity contribution in [3.05, 3.63) is 36.2 Å². The van der Waals surface area contributed by atoms with Crippen molar-refractivity contribution < 1.29 is 24.2 Å². The number of nitrogens with one attached hydrogen (secondary N) is 1. The lowest BCUT2D eigenvalue weighted by atomic mass is 9.95. The number of ether oxygens (including phenoxy) is 2. The predicted octanol–water partition coefficient (Wildman–Crippen LogP) is 2.11. The number of carbonyl (C=O) groups excluding carboxylic acids is 1. The Kier molecular flexibility index (Phi) is 4.57. The van der Waals surface area contributed by atoms with Gasteiger partial charge in [-0.25, -0.2) is 4.79 Å². The van der Waals surface area contributed by atoms with Gasteiger partial charge in [-0.15, -0.1) is 0 Å². The first kappa shape index (κ1) is 17.2. The summed E-state index contributed by atoms with van der Waals surface area (Å²) in [6.45, 7) is 1.24. The number of urea groups is 1. The Hall–Kier alpha value is -3.23. The maximum absolute atomic E-state index is 12.6. The van der Waals surface area contributed by atoms with Crippen LogP contribution in [-0.4, -0.2) is 51.7 Å². The highest BCUT2D eigenvalue weighted by Crippen LogP contribution is 2.34. The largest absolute Gasteiger partial charge is 0.480 e. The third kappa shape index (κ3) is 3.81. The van der Waals surface area contributed by atoms with Gasteiger partial charge < -0.3 is 24.8 Å². The second kappa shape index (κ2) is 7.18. The monoisotopic (exact) mass is 372 g/mol. The summed E-state index contributed by atoms with van der Waals surface area (Å²) in [5.74, 6) is 0.450. The second-order valence-corrected chi connectivity index (χ2v) is 6.62. The lowest BCUT2D eigenvalue weighted by Gasteiger charge is -2.32. The Bertz CT molecular complexity index is 865. The van der Waals surface area contributed by atoms with E-state index >= 15 is 0 Å². The van der Waals surface area contributed by atoms with E-state index in [4.69, 9.17) is 14.6 Å². The number of aliphatic carboxylic acids is 1. The summed E-state index contributed by atoms with van der Waals surface area (Å²) in [5.41, 5.74) is 1.47. The summed E-state index contributed by atoms with van der Waals surface area (Å²) in [4.78, 5) is 25.2. The number of aromatic nitrogens is 2. The third-order valence-corrected chi connectivity index (χ3v) is 4.71. The average Bonchev–Trinajstić information content (AvgIpc) is 3.30. The zero-order chi connectivity index (χ0) is 18.8. The van der Waals surface area contributed by atoms with Gasteiger partial charge in [-0.1, -0.05) is 0 Å². The summed E-state index contributed by atoms with van der Waals surface area (Å²) in [6, 6.07) is 6.94. The van der Waals surface area contributed by atoms with Crippen LogP contribution in [0.25, 0.3) is 0 Å². The summed E-state index contributed by atoms with van der Waals surface area (Å²) in [6.07, 6.45) is 3.44. The van der Waals surface area contributed by atoms with Crippen molar-refractivity contribution >= 4 is 17.7 Å². The third-order valence-electron chi connectivity index (χ3n) is 4.71. The number of carbonyl (C=O) groups is 2. The van der Waals surface area contributed by atoms with Crippen LogP contribution >= 0.6 is 0 Å². The maximum Gasteiger partial charge on any atom is 0.325 e. The molecule has 27 heavy (non-hydrogen) atoms. The molecule has 0 bridgehead atoms. The van der Waals surface area contributed by atoms with Gasteiger partial charge in [-0.2, -0.15) is 5.10 Å². The minimum atomic E-state index is -0.932. The molecule has 3 heterocycles. The first-order valence-electron chi connectivity index (χ1n) is 8.79. The van der Waals surface area contributed by atoms with Crippen molar-refractivity contribution in [2.75, 3.05) is 25.2 Å². The topological polar surface area (TPSA) is 106 Å². The number of benzene rings is 1. The molecule has 2 aromatic rings. The number of amides is 2. The SMILES string of the molecule is O=C(O)Cn1ccc(C2CCCN(C(=O)Nc3ccc4c(c3)OCO4)C2)n1. The molecule has 1 aromatic heterocycles. The molecule has 2 aliphatic heterocycles. The van der Waals surface area contributed by atoms with Crippen LogP contribution in [0, 0.1) is 0 Å². The van der Waals surface area contributed by atoms with Crippen molar-refractivity contribution in [2.24, 2.45) is 0 Å². The molecule has 1 unspecified atom stereocenters. The van der Waals surface area contributed by atoms with Gasteiger partial charge in [-0.3, -0.25) is 9.48 Å². The number of piperidine rings is 1. The van der Waals surface area contributed by atoms with Crippen LogP contribution in [0.5, 0.6) is 11.5 Å². The smallest absolute Gasteiger partial charge is 0.325 e. The van der Waals surface area contributed by atoms with Gasteiger partial charge in [0.05, 0.1) is 5.69 Å². The zero-order valence-corrected chi connectivity index (χ0v) is 14.6. The molecular weight excluding hydrogens is 352 g/mol. The molecule has 2 N–H and O–H groups in total. The van der Waals surface area contributed by atoms with Crippen molar-refractivity contribution in [1.29, 1.82) is 0 Å². The van der Waals surface area contributed by atoms with Gasteiger partial charge in [-0.05, 0) is 31.0 Å². The van der Waals surface area contributed by atoms with E-state index < -0.39 is 5.97 Å². The van der Waals surface area contributed by atoms with Gasteiger partial charge >= 0.3 is 12.0 Å². The molecule has 1 saturated heterocycles. The van der Waals surface area contributed by atoms with Crippen LogP contribution in [0.4, 0.5) is 10.5 Å². The minimum absolute atomic E-state index is 0.0938. The molecule has 142 valence electrons. The number of carboxylic acid groups (broad SMARTS) is 1. The molecule has 9 nitrogen and oxygen atoms in total. The summed E-state index contributed by atoms with van der Waals surface area (Å²) in [7, 11) is 0. The zero-order valence-electron chi connectivity index (χ0n) is 14.6. The highest BCUT2D eigenvalue weighted by molar-refractivity contribution is 5.89. The van der Waals surface area contributed by atoms with E-state index in [0.29, 0.717) is 30.3 Å². The van der Waals surface area contributed by atoms with Crippen LogP contribution in [0.3, 0.4) is 0 Å². The summed E-state index contributed by atoms with van der Waals surface area (Å²) < 4.78 is 12.0. The maximum atomic E-state index is 12.6. The molecule has 0 radical (unpaired) electrons. The summed E-state index contributed by atoms with van der Waals surface area (Å²) in [5, 5.41) is 16.1. The molecule has 1 fully saturated rings. The highest BCUT2D eigenvalue weighted by atomic mass is 16.7. The van der Waals surface area contributed by atoms with Crippen LogP contribution < -0.4 is 14.8 Å². The normalized spacial score (nSPS) is 18.4. The number of carboxylic acids is 1. The molecule has 2 aliphatic rings. The Morgan fingerprint density at radius 2 is 2.11 bits per heavy atom. The fraction of sp³-hybridized carbons (Fsp3) is 0.389. The van der Waals surface area contributed by atoms with Gasteiger partial charge in [0.15, 0.2) is 11.5 Å². The van der Waals surface area contributed by atoms with E-state index in [9.17, 15) is 9.59 Å². The van der Waals surface area contributed by atoms with Crippen LogP contribution in [0.15, 0.2) is 30.5 Å². The van der Waals surface area contributed by atoms with Crippen molar-refractivity contribution in [1.82, 2.24) is 14.7 Å². The molecule has 2 amide bonds. The van der Waals surface area contributed by atoms with Gasteiger partial charge in [0.25, 0.3) is 0 Å². The molecule has 0 spiro atoms. The predicted molar refractivity (Wildman–Crippen MR) is 95.0 cm³/mol. The standard InChI is InChI=1S/C18H20N4O5/c23-17(24)10-22-7-5-14(20-22)12-2-1-6-21(9-12)18(25)19-13-3-4-15-16(8-13)27-11-26-15/h3-5,7-8,12H,1-2,6,9-11H2,(H,19,25)(H,23,24). The second-order valence-electron chi connectivity index (χ2n) is 6.62. The Labute approximate surface area is 155 Å². The Morgan fingerprint density at radius 3 is 2.96 bits per heavy atom. The van der Waals surface area contributed by atoms with Crippen molar-refractivity contribution in [2.45, 2.75) is 25.3 Å². The van der Waals surface area contributed by atoms with E-state index in [1.165, 1.54) is 4.68 Å². The van der Waals surface area contributed by atoms with Crippen LogP contribution in [0.1, 0.15) is 24.5 Å². The lowest BCUT2D eigenvalue weighted by molar-refractivity contribution is -0.137. The van der Waals surface area contributed by atoms with Crippen molar-refractivity contribution in [3.8, 4) is 11.5 Å². The highest BCUT2D eigenvalue weighted by Gasteiger charge is 2.26. The number of nitrogens with zero attached hydrogens (tertiary/aromatic N) is 3. The summed E-state index contributed by atoms with van der Waals surface area (Å²) >= 11 is 0. The number of fused-ring (bicyclic) bond motifs is 1. The lowest BCUT2D eigenvalue weighted by Crippen LogP contribution is -2.41. The van der Waals surface area contributed by atoms with Gasteiger partial charge in [0, 0.05) is 37.0 Å². The van der Waals surface area contributed by atoms with E-state index in [1.807, 2.05) is 6.07 Å². The molecule has 9 heteroatoms. The van der Waals surface area contributed by atoms with Crippen LogP contribution in [0.2, 0.25) is 0 Å². The Balaban J connectivity index is 1.39. The van der Waals surface area contributed by atoms with E-state index in [2.05, 4.69) is 10.4 Å². The van der Waals surface area contributed by atoms with E-state index in [1.54, 1.807) is 29.3 Å². The van der Waals surface area contributed by atoms with Crippen molar-refractivity contribution in [3.63, 3.8) is 0 Å². The number of likely N-dealkylation sites (tertiary alicyclic amines) is 1. The molecule has 1 aromatic carbocycles. The quantitative estimate of drug-likeness (QED) is 0.851.